The van der Waals surface area contributed by atoms with Crippen LogP contribution >= 0.6 is 0 Å². The van der Waals surface area contributed by atoms with Crippen LogP contribution < -0.4 is 0 Å². The molecule has 1 aliphatic rings. The summed E-state index contributed by atoms with van der Waals surface area (Å²) in [7, 11) is 0. The zero-order chi connectivity index (χ0) is 58.9. The Morgan fingerprint density at radius 2 is 0.802 bits per heavy atom. The molecule has 0 amide bonds. The fraction of sp³-hybridized carbons (Fsp3) is 0.768. The molecule has 0 aromatic carbocycles. The summed E-state index contributed by atoms with van der Waals surface area (Å²) in [6.07, 6.45) is 60.1. The minimum absolute atomic E-state index is 0.0424. The molecule has 1 fully saturated rings. The van der Waals surface area contributed by atoms with E-state index in [-0.39, 0.29) is 25.9 Å². The molecule has 0 aromatic rings. The molecule has 0 spiro atoms. The van der Waals surface area contributed by atoms with Gasteiger partial charge in [-0.1, -0.05) is 261 Å². The van der Waals surface area contributed by atoms with E-state index in [1.165, 1.54) is 96.3 Å². The maximum absolute atomic E-state index is 13.2. The van der Waals surface area contributed by atoms with Crippen molar-refractivity contribution in [3.8, 4) is 0 Å². The molecule has 1 rings (SSSR count). The van der Waals surface area contributed by atoms with Gasteiger partial charge in [0.2, 0.25) is 0 Å². The van der Waals surface area contributed by atoms with Crippen LogP contribution in [0.25, 0.3) is 0 Å². The molecule has 0 aliphatic carbocycles. The van der Waals surface area contributed by atoms with Crippen molar-refractivity contribution in [3.63, 3.8) is 0 Å². The zero-order valence-corrected chi connectivity index (χ0v) is 51.5. The SMILES string of the molecule is CC/C=C\C/C=C\C/C=C\C/C=C\CCCCCCCCC(=O)OCC(COC1OC(C(=O)O)C(O)C(O)C1OC(=O)CCCCCCC/C=C\C/C=C\CCC)OC(=O)CCCCCCCCCCCCCCCCCCCCC. The van der Waals surface area contributed by atoms with Gasteiger partial charge in [0, 0.05) is 19.3 Å². The van der Waals surface area contributed by atoms with Crippen molar-refractivity contribution >= 4 is 23.9 Å². The number of hydrogen-bond acceptors (Lipinski definition) is 11. The Kier molecular flexibility index (Phi) is 52.6. The molecule has 0 radical (unpaired) electrons. The Labute approximate surface area is 493 Å². The summed E-state index contributed by atoms with van der Waals surface area (Å²) in [5, 5.41) is 31.6. The largest absolute Gasteiger partial charge is 0.479 e. The fourth-order valence-electron chi connectivity index (χ4n) is 9.75. The van der Waals surface area contributed by atoms with Gasteiger partial charge >= 0.3 is 23.9 Å². The molecule has 466 valence electrons. The third-order valence-electron chi connectivity index (χ3n) is 14.7. The minimum Gasteiger partial charge on any atom is -0.479 e. The van der Waals surface area contributed by atoms with Crippen LogP contribution in [0, 0.1) is 0 Å². The van der Waals surface area contributed by atoms with E-state index >= 15 is 0 Å². The number of unbranched alkanes of at least 4 members (excludes halogenated alkanes) is 30. The van der Waals surface area contributed by atoms with Gasteiger partial charge in [-0.2, -0.15) is 0 Å². The standard InChI is InChI=1S/C69H118O12/c1-4-7-10-13-16-19-22-25-27-29-31-33-35-38-40-43-46-49-52-55-61(70)77-58-60(79-62(71)56-53-50-47-44-42-39-36-34-32-30-28-26-23-20-17-14-11-8-5-2)59-78-69-67(65(74)64(73)66(81-69)68(75)76)80-63(72)57-54-51-48-45-41-37-24-21-18-15-12-9-6-3/h7,10,12,15-16,19,21,24-25,27,31,33,60,64-67,69,73-74H,4-6,8-9,11,13-14,17-18,20,22-23,26,28-30,32,34-59H2,1-3H3,(H,75,76)/b10-7-,15-12-,19-16-,24-21-,27-25-,33-31-. The van der Waals surface area contributed by atoms with Crippen molar-refractivity contribution in [1.29, 1.82) is 0 Å². The van der Waals surface area contributed by atoms with E-state index in [1.807, 2.05) is 0 Å². The van der Waals surface area contributed by atoms with Crippen LogP contribution in [0.2, 0.25) is 0 Å². The van der Waals surface area contributed by atoms with Crippen molar-refractivity contribution in [2.45, 2.75) is 327 Å². The second-order valence-electron chi connectivity index (χ2n) is 22.4. The van der Waals surface area contributed by atoms with Crippen molar-refractivity contribution < 1.29 is 58.2 Å². The summed E-state index contributed by atoms with van der Waals surface area (Å²) in [5.74, 6) is -3.14. The molecule has 1 heterocycles. The van der Waals surface area contributed by atoms with E-state index in [0.717, 1.165) is 135 Å². The molecule has 1 aliphatic heterocycles. The molecule has 12 nitrogen and oxygen atoms in total. The first-order valence-electron chi connectivity index (χ1n) is 32.9. The van der Waals surface area contributed by atoms with Gasteiger partial charge in [-0.05, 0) is 83.5 Å². The van der Waals surface area contributed by atoms with Crippen molar-refractivity contribution in [2.75, 3.05) is 13.2 Å². The minimum atomic E-state index is -1.91. The molecule has 0 saturated carbocycles. The first-order valence-corrected chi connectivity index (χ1v) is 32.9. The highest BCUT2D eigenvalue weighted by Crippen LogP contribution is 2.27. The van der Waals surface area contributed by atoms with E-state index in [1.54, 1.807) is 0 Å². The number of carbonyl (C=O) groups is 4. The molecule has 12 heteroatoms. The Morgan fingerprint density at radius 3 is 1.23 bits per heavy atom. The van der Waals surface area contributed by atoms with Crippen LogP contribution in [0.15, 0.2) is 72.9 Å². The molecule has 81 heavy (non-hydrogen) atoms. The number of ether oxygens (including phenoxy) is 5. The lowest BCUT2D eigenvalue weighted by atomic mass is 9.98. The summed E-state index contributed by atoms with van der Waals surface area (Å²) in [4.78, 5) is 51.3. The van der Waals surface area contributed by atoms with Crippen LogP contribution in [0.4, 0.5) is 0 Å². The highest BCUT2D eigenvalue weighted by molar-refractivity contribution is 5.74. The number of carbonyl (C=O) groups excluding carboxylic acids is 3. The first kappa shape index (κ1) is 75.2. The molecule has 6 unspecified atom stereocenters. The van der Waals surface area contributed by atoms with Crippen LogP contribution in [-0.4, -0.2) is 89.2 Å². The third-order valence-corrected chi connectivity index (χ3v) is 14.7. The second kappa shape index (κ2) is 56.6. The topological polar surface area (TPSA) is 175 Å². The Morgan fingerprint density at radius 1 is 0.420 bits per heavy atom. The van der Waals surface area contributed by atoms with E-state index in [9.17, 15) is 34.5 Å². The van der Waals surface area contributed by atoms with Gasteiger partial charge in [-0.3, -0.25) is 14.4 Å². The number of carboxylic acids is 1. The molecule has 0 bridgehead atoms. The predicted molar refractivity (Wildman–Crippen MR) is 331 cm³/mol. The molecule has 6 atom stereocenters. The lowest BCUT2D eigenvalue weighted by Crippen LogP contribution is -2.61. The monoisotopic (exact) mass is 1140 g/mol. The quantitative estimate of drug-likeness (QED) is 0.0228. The Balaban J connectivity index is 2.65. The van der Waals surface area contributed by atoms with Crippen molar-refractivity contribution in [3.05, 3.63) is 72.9 Å². The molecular formula is C69H118O12. The van der Waals surface area contributed by atoms with Gasteiger partial charge < -0.3 is 39.0 Å². The zero-order valence-electron chi connectivity index (χ0n) is 51.5. The number of aliphatic hydroxyl groups excluding tert-OH is 2. The van der Waals surface area contributed by atoms with E-state index in [2.05, 4.69) is 93.7 Å². The second-order valence-corrected chi connectivity index (χ2v) is 22.4. The van der Waals surface area contributed by atoms with Gasteiger partial charge in [0.05, 0.1) is 6.61 Å². The number of carboxylic acid groups (broad SMARTS) is 1. The van der Waals surface area contributed by atoms with Gasteiger partial charge in [0.1, 0.15) is 18.8 Å². The highest BCUT2D eigenvalue weighted by Gasteiger charge is 2.50. The first-order chi connectivity index (χ1) is 39.6. The predicted octanol–water partition coefficient (Wildman–Crippen LogP) is 17.7. The summed E-state index contributed by atoms with van der Waals surface area (Å²) in [5.41, 5.74) is 0. The highest BCUT2D eigenvalue weighted by atomic mass is 16.7. The molecule has 3 N–H and O–H groups in total. The van der Waals surface area contributed by atoms with Crippen LogP contribution in [0.5, 0.6) is 0 Å². The lowest BCUT2D eigenvalue weighted by molar-refractivity contribution is -0.301. The lowest BCUT2D eigenvalue weighted by Gasteiger charge is -2.40. The van der Waals surface area contributed by atoms with E-state index in [4.69, 9.17) is 23.7 Å². The summed E-state index contributed by atoms with van der Waals surface area (Å²) < 4.78 is 28.5. The number of aliphatic hydroxyl groups is 2. The summed E-state index contributed by atoms with van der Waals surface area (Å²) in [6.45, 7) is 5.83. The summed E-state index contributed by atoms with van der Waals surface area (Å²) >= 11 is 0. The Bertz CT molecular complexity index is 1680. The molecular weight excluding hydrogens is 1020 g/mol. The number of rotatable bonds is 56. The van der Waals surface area contributed by atoms with Crippen LogP contribution in [0.1, 0.15) is 290 Å². The molecule has 1 saturated heterocycles. The fourth-order valence-corrected chi connectivity index (χ4v) is 9.75. The van der Waals surface area contributed by atoms with Crippen LogP contribution in [-0.2, 0) is 42.9 Å². The van der Waals surface area contributed by atoms with Crippen molar-refractivity contribution in [2.24, 2.45) is 0 Å². The Hall–Kier alpha value is -3.84. The number of aliphatic carboxylic acids is 1. The average Bonchev–Trinajstić information content (AvgIpc) is 3.46. The number of hydrogen-bond donors (Lipinski definition) is 3. The maximum atomic E-state index is 13.2. The van der Waals surface area contributed by atoms with Crippen molar-refractivity contribution in [1.82, 2.24) is 0 Å². The van der Waals surface area contributed by atoms with E-state index in [0.29, 0.717) is 19.3 Å². The van der Waals surface area contributed by atoms with E-state index < -0.39 is 67.3 Å². The van der Waals surface area contributed by atoms with Gasteiger partial charge in [-0.15, -0.1) is 0 Å². The summed E-state index contributed by atoms with van der Waals surface area (Å²) in [6, 6.07) is 0. The smallest absolute Gasteiger partial charge is 0.335 e. The maximum Gasteiger partial charge on any atom is 0.335 e. The van der Waals surface area contributed by atoms with Gasteiger partial charge in [-0.25, -0.2) is 4.79 Å². The average molecular weight is 1140 g/mol. The third kappa shape index (κ3) is 46.3. The molecule has 0 aromatic heterocycles. The van der Waals surface area contributed by atoms with Gasteiger partial charge in [0.15, 0.2) is 24.6 Å². The normalized spacial score (nSPS) is 18.2. The number of esters is 3. The number of allylic oxidation sites excluding steroid dienone is 12. The van der Waals surface area contributed by atoms with Gasteiger partial charge in [0.25, 0.3) is 0 Å². The van der Waals surface area contributed by atoms with Crippen LogP contribution in [0.3, 0.4) is 0 Å².